The second-order valence-corrected chi connectivity index (χ2v) is 7.68. The Morgan fingerprint density at radius 1 is 1.15 bits per heavy atom. The van der Waals surface area contributed by atoms with Crippen LogP contribution in [0.4, 0.5) is 11.6 Å². The fourth-order valence-corrected chi connectivity index (χ4v) is 4.43. The summed E-state index contributed by atoms with van der Waals surface area (Å²) in [6.45, 7) is 6.01. The largest absolute Gasteiger partial charge is 0.309 e. The van der Waals surface area contributed by atoms with Gasteiger partial charge in [0.2, 0.25) is 5.95 Å². The van der Waals surface area contributed by atoms with E-state index in [2.05, 4.69) is 35.5 Å². The number of nitrogens with zero attached hydrogens (tertiary/aromatic N) is 4. The molecule has 0 saturated carbocycles. The third-order valence-corrected chi connectivity index (χ3v) is 5.98. The molecule has 0 spiro atoms. The molecular weight excluding hydrogens is 379 g/mol. The number of aromatic nitrogens is 2. The first-order valence-corrected chi connectivity index (χ1v) is 10.00. The number of rotatable bonds is 4. The van der Waals surface area contributed by atoms with Gasteiger partial charge in [-0.2, -0.15) is 5.26 Å². The van der Waals surface area contributed by atoms with E-state index < -0.39 is 0 Å². The van der Waals surface area contributed by atoms with E-state index >= 15 is 0 Å². The van der Waals surface area contributed by atoms with E-state index in [0.717, 1.165) is 48.6 Å². The van der Waals surface area contributed by atoms with Gasteiger partial charge in [-0.25, -0.2) is 4.98 Å². The van der Waals surface area contributed by atoms with Crippen molar-refractivity contribution >= 4 is 45.9 Å². The van der Waals surface area contributed by atoms with Crippen LogP contribution in [0.2, 0.25) is 10.0 Å². The van der Waals surface area contributed by atoms with Gasteiger partial charge in [-0.05, 0) is 48.6 Å². The van der Waals surface area contributed by atoms with Crippen LogP contribution in [0.3, 0.4) is 0 Å². The van der Waals surface area contributed by atoms with Gasteiger partial charge < -0.3 is 9.47 Å². The summed E-state index contributed by atoms with van der Waals surface area (Å²) in [4.78, 5) is 6.96. The molecule has 1 aliphatic heterocycles. The zero-order chi connectivity index (χ0) is 19.1. The Labute approximate surface area is 168 Å². The number of nitriles is 1. The first-order chi connectivity index (χ1) is 13.1. The van der Waals surface area contributed by atoms with E-state index in [1.54, 1.807) is 6.07 Å². The lowest BCUT2D eigenvalue weighted by Gasteiger charge is -2.17. The van der Waals surface area contributed by atoms with Crippen LogP contribution in [-0.2, 0) is 6.54 Å². The van der Waals surface area contributed by atoms with Gasteiger partial charge in [0.1, 0.15) is 11.6 Å². The highest BCUT2D eigenvalue weighted by Gasteiger charge is 2.29. The Morgan fingerprint density at radius 3 is 2.63 bits per heavy atom. The van der Waals surface area contributed by atoms with Gasteiger partial charge in [0.05, 0.1) is 21.8 Å². The van der Waals surface area contributed by atoms with Crippen LogP contribution in [0, 0.1) is 11.3 Å². The molecule has 0 unspecified atom stereocenters. The summed E-state index contributed by atoms with van der Waals surface area (Å²) in [5.74, 6) is 1.31. The van der Waals surface area contributed by atoms with E-state index in [-0.39, 0.29) is 0 Å². The van der Waals surface area contributed by atoms with E-state index in [1.165, 1.54) is 5.56 Å². The van der Waals surface area contributed by atoms with Crippen LogP contribution in [0.25, 0.3) is 11.0 Å². The molecule has 4 rings (SSSR count). The summed E-state index contributed by atoms with van der Waals surface area (Å²) < 4.78 is 2.24. The third-order valence-electron chi connectivity index (χ3n) is 5.44. The van der Waals surface area contributed by atoms with Crippen molar-refractivity contribution in [3.63, 3.8) is 0 Å². The molecule has 4 nitrogen and oxygen atoms in total. The zero-order valence-corrected chi connectivity index (χ0v) is 16.8. The minimum atomic E-state index is 0.477. The predicted octanol–water partition coefficient (Wildman–Crippen LogP) is 6.27. The molecule has 6 heteroatoms. The van der Waals surface area contributed by atoms with Crippen LogP contribution >= 0.6 is 23.2 Å². The van der Waals surface area contributed by atoms with Crippen molar-refractivity contribution in [3.8, 4) is 6.07 Å². The van der Waals surface area contributed by atoms with Crippen LogP contribution in [-0.4, -0.2) is 16.1 Å². The minimum absolute atomic E-state index is 0.477. The second-order valence-electron chi connectivity index (χ2n) is 6.84. The summed E-state index contributed by atoms with van der Waals surface area (Å²) in [5, 5.41) is 10.8. The van der Waals surface area contributed by atoms with Gasteiger partial charge in [-0.15, -0.1) is 0 Å². The van der Waals surface area contributed by atoms with Crippen molar-refractivity contribution in [2.75, 3.05) is 11.4 Å². The average Bonchev–Trinajstić information content (AvgIpc) is 3.24. The van der Waals surface area contributed by atoms with Gasteiger partial charge >= 0.3 is 0 Å². The number of hydrogen-bond acceptors (Lipinski definition) is 3. The van der Waals surface area contributed by atoms with E-state index in [4.69, 9.17) is 28.2 Å². The number of imidazole rings is 1. The van der Waals surface area contributed by atoms with Crippen molar-refractivity contribution in [1.29, 1.82) is 5.26 Å². The zero-order valence-electron chi connectivity index (χ0n) is 15.3. The normalized spacial score (nSPS) is 13.4. The number of anilines is 2. The number of fused-ring (bicyclic) bond motifs is 3. The van der Waals surface area contributed by atoms with E-state index in [9.17, 15) is 5.26 Å². The van der Waals surface area contributed by atoms with Crippen LogP contribution in [0.15, 0.2) is 30.3 Å². The number of hydrogen-bond donors (Lipinski definition) is 0. The molecule has 3 aromatic rings. The lowest BCUT2D eigenvalue weighted by atomic mass is 9.93. The molecule has 138 valence electrons. The van der Waals surface area contributed by atoms with E-state index in [1.807, 2.05) is 18.2 Å². The van der Waals surface area contributed by atoms with Gasteiger partial charge in [-0.3, -0.25) is 0 Å². The molecule has 0 N–H and O–H groups in total. The number of benzene rings is 2. The lowest BCUT2D eigenvalue weighted by molar-refractivity contribution is 0.642. The third kappa shape index (κ3) is 2.86. The SMILES string of the molecule is CCC(CC)c1ccc(Cl)c2nc3n(c12)CCN3c1ccc(Cl)cc1C#N. The van der Waals surface area contributed by atoms with E-state index in [0.29, 0.717) is 21.5 Å². The Bertz CT molecular complexity index is 1060. The topological polar surface area (TPSA) is 44.9 Å². The highest BCUT2D eigenvalue weighted by Crippen LogP contribution is 2.40. The van der Waals surface area contributed by atoms with Crippen molar-refractivity contribution in [3.05, 3.63) is 51.5 Å². The van der Waals surface area contributed by atoms with Crippen molar-refractivity contribution in [2.24, 2.45) is 0 Å². The summed E-state index contributed by atoms with van der Waals surface area (Å²) in [7, 11) is 0. The quantitative estimate of drug-likeness (QED) is 0.519. The maximum Gasteiger partial charge on any atom is 0.211 e. The standard InChI is InChI=1S/C21H20Cl2N4/c1-3-13(4-2)16-6-7-17(23)19-20(16)27-10-9-26(21(27)25-19)18-8-5-15(22)11-14(18)12-24/h5-8,11,13H,3-4,9-10H2,1-2H3. The summed E-state index contributed by atoms with van der Waals surface area (Å²) in [5.41, 5.74) is 4.65. The van der Waals surface area contributed by atoms with Crippen LogP contribution in [0.1, 0.15) is 43.7 Å². The summed E-state index contributed by atoms with van der Waals surface area (Å²) >= 11 is 12.6. The molecule has 2 aromatic carbocycles. The van der Waals surface area contributed by atoms with Gasteiger partial charge in [0.25, 0.3) is 0 Å². The van der Waals surface area contributed by atoms with Gasteiger partial charge in [0, 0.05) is 18.1 Å². The molecule has 0 fully saturated rings. The molecule has 1 aromatic heterocycles. The molecule has 1 aliphatic rings. The monoisotopic (exact) mass is 398 g/mol. The minimum Gasteiger partial charge on any atom is -0.309 e. The Balaban J connectivity index is 1.92. The summed E-state index contributed by atoms with van der Waals surface area (Å²) in [6.07, 6.45) is 2.15. The maximum absolute atomic E-state index is 9.53. The summed E-state index contributed by atoms with van der Waals surface area (Å²) in [6, 6.07) is 11.7. The predicted molar refractivity (Wildman–Crippen MR) is 111 cm³/mol. The average molecular weight is 399 g/mol. The first kappa shape index (κ1) is 18.2. The fraction of sp³-hybridized carbons (Fsp3) is 0.333. The Hall–Kier alpha value is -2.22. The van der Waals surface area contributed by atoms with Crippen molar-refractivity contribution in [1.82, 2.24) is 9.55 Å². The van der Waals surface area contributed by atoms with Gasteiger partial charge in [-0.1, -0.05) is 43.1 Å². The molecule has 2 heterocycles. The smallest absolute Gasteiger partial charge is 0.211 e. The molecule has 0 aliphatic carbocycles. The highest BCUT2D eigenvalue weighted by molar-refractivity contribution is 6.35. The Kier molecular flexibility index (Phi) is 4.75. The molecular formula is C21H20Cl2N4. The molecule has 0 saturated heterocycles. The molecule has 0 radical (unpaired) electrons. The molecule has 0 amide bonds. The first-order valence-electron chi connectivity index (χ1n) is 9.24. The maximum atomic E-state index is 9.53. The second kappa shape index (κ2) is 7.07. The van der Waals surface area contributed by atoms with Crippen LogP contribution in [0.5, 0.6) is 0 Å². The highest BCUT2D eigenvalue weighted by atomic mass is 35.5. The molecule has 27 heavy (non-hydrogen) atoms. The molecule has 0 bridgehead atoms. The number of halogens is 2. The Morgan fingerprint density at radius 2 is 1.93 bits per heavy atom. The van der Waals surface area contributed by atoms with Crippen molar-refractivity contribution in [2.45, 2.75) is 39.2 Å². The lowest BCUT2D eigenvalue weighted by Crippen LogP contribution is -2.15. The fourth-order valence-electron chi connectivity index (χ4n) is 4.06. The van der Waals surface area contributed by atoms with Crippen LogP contribution < -0.4 is 4.90 Å². The van der Waals surface area contributed by atoms with Crippen molar-refractivity contribution < 1.29 is 0 Å². The molecule has 0 atom stereocenters. The van der Waals surface area contributed by atoms with Gasteiger partial charge in [0.15, 0.2) is 0 Å².